The summed E-state index contributed by atoms with van der Waals surface area (Å²) in [5.41, 5.74) is 5.23. The number of nitrogens with two attached hydrogens (primary N) is 1. The molecule has 2 saturated heterocycles. The fraction of sp³-hybridized carbons (Fsp3) is 0.500. The van der Waals surface area contributed by atoms with Crippen molar-refractivity contribution in [2.45, 2.75) is 62.6 Å². The molecule has 2 aliphatic heterocycles. The van der Waals surface area contributed by atoms with Gasteiger partial charge in [-0.15, -0.1) is 0 Å². The normalized spacial score (nSPS) is 30.1. The summed E-state index contributed by atoms with van der Waals surface area (Å²) in [5, 5.41) is 2.91. The Balaban J connectivity index is 1.07. The average molecular weight is 517 g/mol. The second-order valence-corrected chi connectivity index (χ2v) is 10.7. The van der Waals surface area contributed by atoms with Crippen LogP contribution in [0.1, 0.15) is 58.4 Å². The van der Waals surface area contributed by atoms with Crippen LogP contribution in [0.15, 0.2) is 36.5 Å². The van der Waals surface area contributed by atoms with Gasteiger partial charge in [-0.25, -0.2) is 4.98 Å². The summed E-state index contributed by atoms with van der Waals surface area (Å²) in [6.07, 6.45) is 0.648. The van der Waals surface area contributed by atoms with Crippen LogP contribution in [0.3, 0.4) is 0 Å². The van der Waals surface area contributed by atoms with Crippen molar-refractivity contribution >= 4 is 17.5 Å². The van der Waals surface area contributed by atoms with Gasteiger partial charge in [0.25, 0.3) is 11.8 Å². The second kappa shape index (κ2) is 8.61. The van der Waals surface area contributed by atoms with Crippen molar-refractivity contribution in [2.24, 2.45) is 11.1 Å². The number of aromatic nitrogens is 1. The van der Waals surface area contributed by atoms with E-state index in [-0.39, 0.29) is 46.7 Å². The van der Waals surface area contributed by atoms with Crippen molar-refractivity contribution < 1.29 is 32.2 Å². The molecule has 6 rings (SSSR count). The number of amides is 2. The van der Waals surface area contributed by atoms with Gasteiger partial charge in [-0.2, -0.15) is 13.2 Å². The quantitative estimate of drug-likeness (QED) is 0.610. The molecule has 1 aromatic heterocycles. The van der Waals surface area contributed by atoms with Crippen LogP contribution in [0, 0.1) is 5.41 Å². The molecule has 11 heteroatoms. The summed E-state index contributed by atoms with van der Waals surface area (Å²) in [6.45, 7) is 1.02. The Hall–Kier alpha value is -3.34. The number of hydrogen-bond donors (Lipinski definition) is 2. The SMILES string of the molecule is NC(=O)c1cccnc1OC1CC2(CC(NC(=O)c3cc(N4CC5CC4CO5)cc(C(F)(F)F)c3)C2)C1. The zero-order valence-electron chi connectivity index (χ0n) is 20.0. The van der Waals surface area contributed by atoms with Crippen LogP contribution >= 0.6 is 0 Å². The first kappa shape index (κ1) is 24.0. The number of primary amides is 1. The Labute approximate surface area is 211 Å². The van der Waals surface area contributed by atoms with E-state index in [1.807, 2.05) is 4.90 Å². The largest absolute Gasteiger partial charge is 0.474 e. The van der Waals surface area contributed by atoms with Gasteiger partial charge in [0, 0.05) is 30.0 Å². The van der Waals surface area contributed by atoms with Gasteiger partial charge >= 0.3 is 6.18 Å². The molecule has 3 N–H and O–H groups in total. The predicted molar refractivity (Wildman–Crippen MR) is 126 cm³/mol. The van der Waals surface area contributed by atoms with E-state index in [9.17, 15) is 22.8 Å². The third-order valence-corrected chi connectivity index (χ3v) is 8.07. The monoisotopic (exact) mass is 516 g/mol. The molecule has 1 aromatic carbocycles. The number of fused-ring (bicyclic) bond motifs is 2. The lowest BCUT2D eigenvalue weighted by Crippen LogP contribution is -2.58. The van der Waals surface area contributed by atoms with Crippen LogP contribution in [-0.2, 0) is 10.9 Å². The molecule has 4 fully saturated rings. The average Bonchev–Trinajstić information content (AvgIpc) is 3.44. The van der Waals surface area contributed by atoms with Crippen molar-refractivity contribution in [3.05, 3.63) is 53.2 Å². The molecule has 4 aliphatic rings. The maximum atomic E-state index is 13.6. The number of nitrogens with zero attached hydrogens (tertiary/aromatic N) is 2. The maximum absolute atomic E-state index is 13.6. The van der Waals surface area contributed by atoms with Crippen molar-refractivity contribution in [1.82, 2.24) is 10.3 Å². The van der Waals surface area contributed by atoms with Gasteiger partial charge in [0.05, 0.1) is 24.3 Å². The highest BCUT2D eigenvalue weighted by atomic mass is 19.4. The number of alkyl halides is 3. The van der Waals surface area contributed by atoms with E-state index in [0.717, 1.165) is 44.2 Å². The number of nitrogens with one attached hydrogen (secondary N) is 1. The van der Waals surface area contributed by atoms with Gasteiger partial charge in [0.2, 0.25) is 5.88 Å². The zero-order valence-corrected chi connectivity index (χ0v) is 20.0. The van der Waals surface area contributed by atoms with E-state index in [2.05, 4.69) is 10.3 Å². The Kier molecular flexibility index (Phi) is 5.59. The number of carbonyl (C=O) groups excluding carboxylic acids is 2. The summed E-state index contributed by atoms with van der Waals surface area (Å²) in [7, 11) is 0. The fourth-order valence-electron chi connectivity index (χ4n) is 6.30. The highest BCUT2D eigenvalue weighted by Crippen LogP contribution is 2.56. The van der Waals surface area contributed by atoms with Gasteiger partial charge in [0.1, 0.15) is 11.7 Å². The van der Waals surface area contributed by atoms with Crippen LogP contribution in [0.25, 0.3) is 0 Å². The standard InChI is InChI=1S/C26H27F3N4O4/c27-26(28,29)15-4-14(5-17(6-15)33-12-19-7-18(33)13-36-19)23(35)32-16-8-25(9-16)10-20(11-25)37-24-21(22(30)34)2-1-3-31-24/h1-6,16,18-20H,7-13H2,(H2,30,34)(H,32,35). The number of carbonyl (C=O) groups is 2. The van der Waals surface area contributed by atoms with E-state index in [0.29, 0.717) is 18.8 Å². The first-order valence-corrected chi connectivity index (χ1v) is 12.4. The number of rotatable bonds is 6. The third kappa shape index (κ3) is 4.49. The first-order valence-electron chi connectivity index (χ1n) is 12.4. The molecule has 1 spiro atoms. The van der Waals surface area contributed by atoms with E-state index in [1.54, 1.807) is 18.2 Å². The smallest absolute Gasteiger partial charge is 0.416 e. The lowest BCUT2D eigenvalue weighted by Gasteiger charge is -2.57. The van der Waals surface area contributed by atoms with Gasteiger partial charge in [-0.1, -0.05) is 0 Å². The third-order valence-electron chi connectivity index (χ3n) is 8.07. The molecular formula is C26H27F3N4O4. The Bertz CT molecular complexity index is 1240. The van der Waals surface area contributed by atoms with Crippen LogP contribution in [0.5, 0.6) is 5.88 Å². The highest BCUT2D eigenvalue weighted by molar-refractivity contribution is 5.96. The number of morpholine rings is 1. The number of anilines is 1. The molecule has 2 unspecified atom stereocenters. The Morgan fingerprint density at radius 1 is 1.19 bits per heavy atom. The number of pyridine rings is 1. The topological polar surface area (TPSA) is 107 Å². The highest BCUT2D eigenvalue weighted by Gasteiger charge is 2.54. The second-order valence-electron chi connectivity index (χ2n) is 10.7. The fourth-order valence-corrected chi connectivity index (χ4v) is 6.30. The molecule has 3 heterocycles. The Morgan fingerprint density at radius 3 is 2.62 bits per heavy atom. The lowest BCUT2D eigenvalue weighted by molar-refractivity contribution is -0.137. The summed E-state index contributed by atoms with van der Waals surface area (Å²) < 4.78 is 52.3. The van der Waals surface area contributed by atoms with Gasteiger partial charge in [-0.05, 0) is 67.9 Å². The molecule has 2 aromatic rings. The van der Waals surface area contributed by atoms with Crippen molar-refractivity contribution in [2.75, 3.05) is 18.1 Å². The molecule has 2 bridgehead atoms. The molecular weight excluding hydrogens is 489 g/mol. The zero-order chi connectivity index (χ0) is 25.9. The molecule has 8 nitrogen and oxygen atoms in total. The van der Waals surface area contributed by atoms with Crippen LogP contribution in [0.4, 0.5) is 18.9 Å². The van der Waals surface area contributed by atoms with Gasteiger partial charge in [-0.3, -0.25) is 9.59 Å². The van der Waals surface area contributed by atoms with E-state index in [1.165, 1.54) is 6.20 Å². The minimum atomic E-state index is -4.55. The number of hydrogen-bond acceptors (Lipinski definition) is 6. The van der Waals surface area contributed by atoms with E-state index >= 15 is 0 Å². The first-order chi connectivity index (χ1) is 17.6. The van der Waals surface area contributed by atoms with Crippen LogP contribution < -0.4 is 20.7 Å². The van der Waals surface area contributed by atoms with Crippen molar-refractivity contribution in [3.8, 4) is 5.88 Å². The molecule has 2 aliphatic carbocycles. The number of ether oxygens (including phenoxy) is 2. The lowest BCUT2D eigenvalue weighted by atomic mass is 9.53. The summed E-state index contributed by atoms with van der Waals surface area (Å²) in [6, 6.07) is 6.70. The van der Waals surface area contributed by atoms with Crippen molar-refractivity contribution in [3.63, 3.8) is 0 Å². The minimum Gasteiger partial charge on any atom is -0.474 e. The van der Waals surface area contributed by atoms with Crippen molar-refractivity contribution in [1.29, 1.82) is 0 Å². The van der Waals surface area contributed by atoms with Crippen LogP contribution in [-0.4, -0.2) is 54.2 Å². The van der Waals surface area contributed by atoms with Crippen LogP contribution in [0.2, 0.25) is 0 Å². The molecule has 196 valence electrons. The number of benzene rings is 1. The summed E-state index contributed by atoms with van der Waals surface area (Å²) >= 11 is 0. The summed E-state index contributed by atoms with van der Waals surface area (Å²) in [5.74, 6) is -0.886. The minimum absolute atomic E-state index is 0.0124. The number of halogens is 3. The molecule has 2 atom stereocenters. The molecule has 2 amide bonds. The Morgan fingerprint density at radius 2 is 1.97 bits per heavy atom. The van der Waals surface area contributed by atoms with Gasteiger partial charge < -0.3 is 25.4 Å². The molecule has 0 radical (unpaired) electrons. The summed E-state index contributed by atoms with van der Waals surface area (Å²) in [4.78, 5) is 30.6. The maximum Gasteiger partial charge on any atom is 0.416 e. The molecule has 2 saturated carbocycles. The predicted octanol–water partition coefficient (Wildman–Crippen LogP) is 3.30. The van der Waals surface area contributed by atoms with E-state index < -0.39 is 23.6 Å². The molecule has 37 heavy (non-hydrogen) atoms. The van der Waals surface area contributed by atoms with Gasteiger partial charge in [0.15, 0.2) is 0 Å². The van der Waals surface area contributed by atoms with E-state index in [4.69, 9.17) is 15.2 Å².